The number of rotatable bonds is 14. The average molecular weight is 283 g/mol. The highest BCUT2D eigenvalue weighted by molar-refractivity contribution is 5.81. The van der Waals surface area contributed by atoms with Gasteiger partial charge in [-0.05, 0) is 32.5 Å². The van der Waals surface area contributed by atoms with E-state index >= 15 is 0 Å². The van der Waals surface area contributed by atoms with Gasteiger partial charge < -0.3 is 9.64 Å². The number of carbonyl (C=O) groups excluding carboxylic acids is 1. The van der Waals surface area contributed by atoms with E-state index in [9.17, 15) is 4.79 Å². The Morgan fingerprint density at radius 2 is 1.45 bits per heavy atom. The molecule has 0 aliphatic rings. The standard InChI is InChI=1S/C17H33NO2/c1-4-17(19)20-16-14-12-10-8-7-9-11-13-15-18(5-2)6-3/h4H,1,5-16H2,2-3H3. The summed E-state index contributed by atoms with van der Waals surface area (Å²) in [4.78, 5) is 13.3. The van der Waals surface area contributed by atoms with Crippen LogP contribution < -0.4 is 0 Å². The van der Waals surface area contributed by atoms with E-state index in [0.717, 1.165) is 12.8 Å². The Morgan fingerprint density at radius 1 is 0.950 bits per heavy atom. The van der Waals surface area contributed by atoms with E-state index in [1.165, 1.54) is 64.2 Å². The van der Waals surface area contributed by atoms with Crippen LogP contribution in [0.1, 0.15) is 65.2 Å². The second kappa shape index (κ2) is 14.6. The van der Waals surface area contributed by atoms with Crippen LogP contribution >= 0.6 is 0 Å². The Balaban J connectivity index is 3.13. The van der Waals surface area contributed by atoms with Crippen molar-refractivity contribution in [2.24, 2.45) is 0 Å². The Hall–Kier alpha value is -0.830. The summed E-state index contributed by atoms with van der Waals surface area (Å²) in [6.45, 7) is 12.0. The van der Waals surface area contributed by atoms with Gasteiger partial charge in [0, 0.05) is 6.08 Å². The van der Waals surface area contributed by atoms with Gasteiger partial charge in [0.15, 0.2) is 0 Å². The fraction of sp³-hybridized carbons (Fsp3) is 0.824. The molecule has 0 rings (SSSR count). The Bertz CT molecular complexity index is 237. The summed E-state index contributed by atoms with van der Waals surface area (Å²) in [6, 6.07) is 0. The van der Waals surface area contributed by atoms with Gasteiger partial charge in [0.25, 0.3) is 0 Å². The van der Waals surface area contributed by atoms with Crippen molar-refractivity contribution in [1.29, 1.82) is 0 Å². The third-order valence-electron chi connectivity index (χ3n) is 3.67. The summed E-state index contributed by atoms with van der Waals surface area (Å²) < 4.78 is 4.93. The molecule has 3 heteroatoms. The van der Waals surface area contributed by atoms with Gasteiger partial charge in [-0.1, -0.05) is 59.0 Å². The molecule has 3 nitrogen and oxygen atoms in total. The monoisotopic (exact) mass is 283 g/mol. The molecule has 0 spiro atoms. The smallest absolute Gasteiger partial charge is 0.330 e. The fourth-order valence-corrected chi connectivity index (χ4v) is 2.27. The first kappa shape index (κ1) is 19.2. The van der Waals surface area contributed by atoms with Crippen LogP contribution in [0.3, 0.4) is 0 Å². The lowest BCUT2D eigenvalue weighted by Crippen LogP contribution is -2.23. The summed E-state index contributed by atoms with van der Waals surface area (Å²) in [5.41, 5.74) is 0. The van der Waals surface area contributed by atoms with Gasteiger partial charge in [-0.15, -0.1) is 0 Å². The first-order chi connectivity index (χ1) is 9.74. The van der Waals surface area contributed by atoms with E-state index in [0.29, 0.717) is 6.61 Å². The van der Waals surface area contributed by atoms with E-state index in [1.54, 1.807) is 0 Å². The van der Waals surface area contributed by atoms with Crippen molar-refractivity contribution in [3.8, 4) is 0 Å². The second-order valence-electron chi connectivity index (χ2n) is 5.23. The Labute approximate surface area is 125 Å². The third-order valence-corrected chi connectivity index (χ3v) is 3.67. The lowest BCUT2D eigenvalue weighted by molar-refractivity contribution is -0.137. The topological polar surface area (TPSA) is 29.5 Å². The number of unbranched alkanes of at least 4 members (excludes halogenated alkanes) is 7. The summed E-state index contributed by atoms with van der Waals surface area (Å²) in [5.74, 6) is -0.307. The lowest BCUT2D eigenvalue weighted by Gasteiger charge is -2.17. The quantitative estimate of drug-likeness (QED) is 0.272. The predicted octanol–water partition coefficient (Wildman–Crippen LogP) is 4.18. The number of hydrogen-bond donors (Lipinski definition) is 0. The van der Waals surface area contributed by atoms with E-state index in [2.05, 4.69) is 25.3 Å². The molecule has 0 saturated heterocycles. The fourth-order valence-electron chi connectivity index (χ4n) is 2.27. The lowest BCUT2D eigenvalue weighted by atomic mass is 10.1. The van der Waals surface area contributed by atoms with Gasteiger partial charge in [0.2, 0.25) is 0 Å². The van der Waals surface area contributed by atoms with Gasteiger partial charge in [-0.2, -0.15) is 0 Å². The van der Waals surface area contributed by atoms with Gasteiger partial charge in [0.1, 0.15) is 0 Å². The molecule has 0 aromatic carbocycles. The SMILES string of the molecule is C=CC(=O)OCCCCCCCCCCN(CC)CC. The molecule has 0 aromatic heterocycles. The third kappa shape index (κ3) is 12.2. The van der Waals surface area contributed by atoms with Crippen molar-refractivity contribution in [3.05, 3.63) is 12.7 Å². The molecule has 0 unspecified atom stereocenters. The Morgan fingerprint density at radius 3 is 1.95 bits per heavy atom. The number of esters is 1. The molecule has 0 bridgehead atoms. The van der Waals surface area contributed by atoms with Crippen molar-refractivity contribution in [1.82, 2.24) is 4.90 Å². The summed E-state index contributed by atoms with van der Waals surface area (Å²) in [6.07, 6.45) is 11.3. The molecule has 0 saturated carbocycles. The van der Waals surface area contributed by atoms with Crippen LogP contribution in [0.15, 0.2) is 12.7 Å². The number of ether oxygens (including phenoxy) is 1. The molecule has 0 aliphatic heterocycles. The molecule has 0 aliphatic carbocycles. The molecule has 0 aromatic rings. The largest absolute Gasteiger partial charge is 0.463 e. The molecule has 0 N–H and O–H groups in total. The maximum atomic E-state index is 10.8. The number of carbonyl (C=O) groups is 1. The van der Waals surface area contributed by atoms with Crippen molar-refractivity contribution in [3.63, 3.8) is 0 Å². The van der Waals surface area contributed by atoms with Crippen LogP contribution in [0.25, 0.3) is 0 Å². The molecule has 20 heavy (non-hydrogen) atoms. The van der Waals surface area contributed by atoms with Gasteiger partial charge >= 0.3 is 5.97 Å². The van der Waals surface area contributed by atoms with Crippen molar-refractivity contribution < 1.29 is 9.53 Å². The van der Waals surface area contributed by atoms with Crippen molar-refractivity contribution in [2.45, 2.75) is 65.2 Å². The van der Waals surface area contributed by atoms with Crippen LogP contribution in [-0.2, 0) is 9.53 Å². The molecule has 0 amide bonds. The maximum Gasteiger partial charge on any atom is 0.330 e. The highest BCUT2D eigenvalue weighted by Gasteiger charge is 1.98. The normalized spacial score (nSPS) is 10.8. The minimum atomic E-state index is -0.307. The minimum Gasteiger partial charge on any atom is -0.463 e. The predicted molar refractivity (Wildman–Crippen MR) is 85.9 cm³/mol. The average Bonchev–Trinajstić information content (AvgIpc) is 2.48. The molecular formula is C17H33NO2. The van der Waals surface area contributed by atoms with Crippen LogP contribution in [0.5, 0.6) is 0 Å². The van der Waals surface area contributed by atoms with Crippen LogP contribution in [0, 0.1) is 0 Å². The van der Waals surface area contributed by atoms with E-state index in [1.807, 2.05) is 0 Å². The van der Waals surface area contributed by atoms with E-state index in [4.69, 9.17) is 4.74 Å². The van der Waals surface area contributed by atoms with E-state index < -0.39 is 0 Å². The van der Waals surface area contributed by atoms with Crippen molar-refractivity contribution in [2.75, 3.05) is 26.2 Å². The molecule has 118 valence electrons. The Kier molecular flexibility index (Phi) is 14.0. The van der Waals surface area contributed by atoms with Gasteiger partial charge in [0.05, 0.1) is 6.61 Å². The van der Waals surface area contributed by atoms with Crippen LogP contribution in [0.4, 0.5) is 0 Å². The van der Waals surface area contributed by atoms with Gasteiger partial charge in [-0.3, -0.25) is 0 Å². The van der Waals surface area contributed by atoms with Crippen LogP contribution in [-0.4, -0.2) is 37.1 Å². The second-order valence-corrected chi connectivity index (χ2v) is 5.23. The zero-order chi connectivity index (χ0) is 15.1. The first-order valence-corrected chi connectivity index (χ1v) is 8.26. The van der Waals surface area contributed by atoms with Gasteiger partial charge in [-0.25, -0.2) is 4.79 Å². The summed E-state index contributed by atoms with van der Waals surface area (Å²) >= 11 is 0. The number of hydrogen-bond acceptors (Lipinski definition) is 3. The zero-order valence-corrected chi connectivity index (χ0v) is 13.5. The van der Waals surface area contributed by atoms with Crippen LogP contribution in [0.2, 0.25) is 0 Å². The molecule has 0 atom stereocenters. The molecule has 0 heterocycles. The van der Waals surface area contributed by atoms with Crippen molar-refractivity contribution >= 4 is 5.97 Å². The molecule has 0 radical (unpaired) electrons. The maximum absolute atomic E-state index is 10.8. The zero-order valence-electron chi connectivity index (χ0n) is 13.5. The molecule has 0 fully saturated rings. The number of nitrogens with zero attached hydrogens (tertiary/aromatic N) is 1. The molecular weight excluding hydrogens is 250 g/mol. The van der Waals surface area contributed by atoms with E-state index in [-0.39, 0.29) is 5.97 Å². The first-order valence-electron chi connectivity index (χ1n) is 8.26. The summed E-state index contributed by atoms with van der Waals surface area (Å²) in [7, 11) is 0. The highest BCUT2D eigenvalue weighted by Crippen LogP contribution is 2.09. The minimum absolute atomic E-state index is 0.307. The summed E-state index contributed by atoms with van der Waals surface area (Å²) in [5, 5.41) is 0. The highest BCUT2D eigenvalue weighted by atomic mass is 16.5.